The summed E-state index contributed by atoms with van der Waals surface area (Å²) in [5, 5.41) is 2.36. The number of nitrogens with one attached hydrogen (secondary N) is 1. The molecule has 1 heterocycles. The van der Waals surface area contributed by atoms with E-state index in [9.17, 15) is 22.8 Å². The van der Waals surface area contributed by atoms with Gasteiger partial charge in [-0.2, -0.15) is 13.2 Å². The normalized spacial score (nSPS) is 14.4. The molecule has 4 rings (SSSR count). The summed E-state index contributed by atoms with van der Waals surface area (Å²) in [4.78, 5) is 29.0. The lowest BCUT2D eigenvalue weighted by Crippen LogP contribution is -2.50. The van der Waals surface area contributed by atoms with Crippen LogP contribution in [0.1, 0.15) is 15.9 Å². The van der Waals surface area contributed by atoms with Crippen molar-refractivity contribution in [3.63, 3.8) is 0 Å². The number of piperazine rings is 1. The lowest BCUT2D eigenvalue weighted by atomic mass is 10.1. The third-order valence-corrected chi connectivity index (χ3v) is 5.62. The average Bonchev–Trinajstić information content (AvgIpc) is 2.85. The summed E-state index contributed by atoms with van der Waals surface area (Å²) >= 11 is 0. The van der Waals surface area contributed by atoms with Gasteiger partial charge in [-0.05, 0) is 36.4 Å². The van der Waals surface area contributed by atoms with E-state index in [1.165, 1.54) is 18.2 Å². The molecule has 0 unspecified atom stereocenters. The fourth-order valence-corrected chi connectivity index (χ4v) is 3.86. The highest BCUT2D eigenvalue weighted by Crippen LogP contribution is 2.34. The van der Waals surface area contributed by atoms with E-state index >= 15 is 0 Å². The first kappa shape index (κ1) is 24.3. The number of hydrogen-bond donors (Lipinski definition) is 1. The van der Waals surface area contributed by atoms with Gasteiger partial charge in [0.2, 0.25) is 5.91 Å². The Bertz CT molecular complexity index is 1180. The van der Waals surface area contributed by atoms with Crippen molar-refractivity contribution < 1.29 is 27.5 Å². The molecule has 0 aromatic heterocycles. The van der Waals surface area contributed by atoms with Crippen LogP contribution in [0.3, 0.4) is 0 Å². The van der Waals surface area contributed by atoms with Gasteiger partial charge in [-0.25, -0.2) is 0 Å². The zero-order chi connectivity index (χ0) is 24.8. The molecule has 3 aromatic carbocycles. The van der Waals surface area contributed by atoms with E-state index in [2.05, 4.69) is 5.32 Å². The molecule has 182 valence electrons. The maximum Gasteiger partial charge on any atom is 0.418 e. The number of alkyl halides is 3. The van der Waals surface area contributed by atoms with Crippen LogP contribution in [0.25, 0.3) is 0 Å². The molecule has 3 aromatic rings. The molecule has 2 amide bonds. The smallest absolute Gasteiger partial charge is 0.418 e. The van der Waals surface area contributed by atoms with Crippen LogP contribution in [0.5, 0.6) is 11.5 Å². The molecule has 9 heteroatoms. The molecule has 35 heavy (non-hydrogen) atoms. The topological polar surface area (TPSA) is 61.9 Å². The summed E-state index contributed by atoms with van der Waals surface area (Å²) < 4.78 is 45.4. The molecule has 1 aliphatic heterocycles. The minimum Gasteiger partial charge on any atom is -0.457 e. The largest absolute Gasteiger partial charge is 0.457 e. The zero-order valence-electron chi connectivity index (χ0n) is 18.8. The summed E-state index contributed by atoms with van der Waals surface area (Å²) in [6.07, 6.45) is -4.56. The van der Waals surface area contributed by atoms with Gasteiger partial charge in [0, 0.05) is 26.2 Å². The van der Waals surface area contributed by atoms with Crippen molar-refractivity contribution in [2.75, 3.05) is 38.0 Å². The van der Waals surface area contributed by atoms with Crippen LogP contribution in [0.4, 0.5) is 18.9 Å². The maximum absolute atomic E-state index is 13.2. The Balaban J connectivity index is 1.34. The second-order valence-corrected chi connectivity index (χ2v) is 8.07. The second-order valence-electron chi connectivity index (χ2n) is 8.07. The van der Waals surface area contributed by atoms with E-state index in [4.69, 9.17) is 4.74 Å². The van der Waals surface area contributed by atoms with Crippen molar-refractivity contribution in [2.45, 2.75) is 6.18 Å². The van der Waals surface area contributed by atoms with Crippen molar-refractivity contribution in [2.24, 2.45) is 0 Å². The van der Waals surface area contributed by atoms with Gasteiger partial charge < -0.3 is 15.0 Å². The monoisotopic (exact) mass is 483 g/mol. The SMILES string of the molecule is O=C(CN1CCN(C(=O)c2ccccc2Oc2ccccc2)CC1)Nc1ccccc1C(F)(F)F. The van der Waals surface area contributed by atoms with Gasteiger partial charge in [-0.15, -0.1) is 0 Å². The van der Waals surface area contributed by atoms with Gasteiger partial charge in [0.1, 0.15) is 11.5 Å². The second kappa shape index (κ2) is 10.6. The van der Waals surface area contributed by atoms with Gasteiger partial charge in [0.05, 0.1) is 23.4 Å². The van der Waals surface area contributed by atoms with E-state index in [0.717, 1.165) is 6.07 Å². The first-order chi connectivity index (χ1) is 16.8. The van der Waals surface area contributed by atoms with E-state index in [-0.39, 0.29) is 18.1 Å². The first-order valence-corrected chi connectivity index (χ1v) is 11.1. The van der Waals surface area contributed by atoms with Gasteiger partial charge in [-0.1, -0.05) is 42.5 Å². The minimum atomic E-state index is -4.56. The predicted octanol–water partition coefficient (Wildman–Crippen LogP) is 4.89. The number of carbonyl (C=O) groups is 2. The van der Waals surface area contributed by atoms with Gasteiger partial charge >= 0.3 is 6.18 Å². The lowest BCUT2D eigenvalue weighted by molar-refractivity contribution is -0.137. The van der Waals surface area contributed by atoms with E-state index in [0.29, 0.717) is 43.2 Å². The number of benzene rings is 3. The molecule has 0 atom stereocenters. The summed E-state index contributed by atoms with van der Waals surface area (Å²) in [6.45, 7) is 1.53. The van der Waals surface area contributed by atoms with Crippen molar-refractivity contribution in [3.05, 3.63) is 90.0 Å². The number of ether oxygens (including phenoxy) is 1. The molecule has 0 radical (unpaired) electrons. The summed E-state index contributed by atoms with van der Waals surface area (Å²) in [5.74, 6) is 0.354. The Morgan fingerprint density at radius 2 is 1.46 bits per heavy atom. The number of hydrogen-bond acceptors (Lipinski definition) is 4. The number of amides is 2. The molecule has 0 saturated carbocycles. The van der Waals surface area contributed by atoms with Crippen LogP contribution in [0.15, 0.2) is 78.9 Å². The Morgan fingerprint density at radius 1 is 0.829 bits per heavy atom. The maximum atomic E-state index is 13.2. The number of carbonyl (C=O) groups excluding carboxylic acids is 2. The molecular formula is C26H24F3N3O3. The predicted molar refractivity (Wildman–Crippen MR) is 125 cm³/mol. The molecule has 6 nitrogen and oxygen atoms in total. The number of halogens is 3. The van der Waals surface area contributed by atoms with Crippen molar-refractivity contribution >= 4 is 17.5 Å². The summed E-state index contributed by atoms with van der Waals surface area (Å²) in [5.41, 5.74) is -0.722. The van der Waals surface area contributed by atoms with Gasteiger partial charge in [0.25, 0.3) is 5.91 Å². The van der Waals surface area contributed by atoms with Gasteiger partial charge in [-0.3, -0.25) is 14.5 Å². The number of rotatable bonds is 6. The third kappa shape index (κ3) is 6.19. The summed E-state index contributed by atoms with van der Waals surface area (Å²) in [7, 11) is 0. The number of para-hydroxylation sites is 3. The van der Waals surface area contributed by atoms with E-state index in [1.807, 2.05) is 23.1 Å². The molecule has 1 saturated heterocycles. The Morgan fingerprint density at radius 3 is 2.17 bits per heavy atom. The molecule has 1 fully saturated rings. The van der Waals surface area contributed by atoms with Crippen LogP contribution in [-0.2, 0) is 11.0 Å². The van der Waals surface area contributed by atoms with Crippen LogP contribution in [-0.4, -0.2) is 54.3 Å². The zero-order valence-corrected chi connectivity index (χ0v) is 18.8. The van der Waals surface area contributed by atoms with Crippen LogP contribution in [0.2, 0.25) is 0 Å². The average molecular weight is 483 g/mol. The lowest BCUT2D eigenvalue weighted by Gasteiger charge is -2.34. The van der Waals surface area contributed by atoms with Crippen molar-refractivity contribution in [3.8, 4) is 11.5 Å². The fourth-order valence-electron chi connectivity index (χ4n) is 3.86. The first-order valence-electron chi connectivity index (χ1n) is 11.1. The highest BCUT2D eigenvalue weighted by atomic mass is 19.4. The Hall–Kier alpha value is -3.85. The molecule has 1 aliphatic rings. The standard InChI is InChI=1S/C26H24F3N3O3/c27-26(28,29)21-11-5-6-12-22(21)30-24(33)18-31-14-16-32(17-15-31)25(34)20-10-4-7-13-23(20)35-19-8-2-1-3-9-19/h1-13H,14-18H2,(H,30,33). The van der Waals surface area contributed by atoms with E-state index < -0.39 is 17.6 Å². The fraction of sp³-hybridized carbons (Fsp3) is 0.231. The molecule has 1 N–H and O–H groups in total. The summed E-state index contributed by atoms with van der Waals surface area (Å²) in [6, 6.07) is 21.0. The highest BCUT2D eigenvalue weighted by Gasteiger charge is 2.33. The quantitative estimate of drug-likeness (QED) is 0.542. The highest BCUT2D eigenvalue weighted by molar-refractivity contribution is 5.97. The molecule has 0 spiro atoms. The van der Waals surface area contributed by atoms with Gasteiger partial charge in [0.15, 0.2) is 0 Å². The molecule has 0 aliphatic carbocycles. The Labute approximate surface area is 200 Å². The minimum absolute atomic E-state index is 0.0675. The van der Waals surface area contributed by atoms with Crippen LogP contribution in [0, 0.1) is 0 Å². The third-order valence-electron chi connectivity index (χ3n) is 5.62. The number of anilines is 1. The Kier molecular flexibility index (Phi) is 7.36. The van der Waals surface area contributed by atoms with Crippen LogP contribution >= 0.6 is 0 Å². The number of nitrogens with zero attached hydrogens (tertiary/aromatic N) is 2. The van der Waals surface area contributed by atoms with Crippen molar-refractivity contribution in [1.29, 1.82) is 0 Å². The van der Waals surface area contributed by atoms with Crippen LogP contribution < -0.4 is 10.1 Å². The molecular weight excluding hydrogens is 459 g/mol. The van der Waals surface area contributed by atoms with Crippen molar-refractivity contribution in [1.82, 2.24) is 9.80 Å². The van der Waals surface area contributed by atoms with E-state index in [1.54, 1.807) is 41.3 Å². The molecule has 0 bridgehead atoms.